The van der Waals surface area contributed by atoms with Crippen LogP contribution in [0.1, 0.15) is 6.42 Å². The minimum Gasteiger partial charge on any atom is -0.507 e. The van der Waals surface area contributed by atoms with Crippen molar-refractivity contribution >= 4 is 17.6 Å². The molecule has 0 aliphatic carbocycles. The molecule has 112 valence electrons. The lowest BCUT2D eigenvalue weighted by Crippen LogP contribution is -2.29. The molecule has 0 spiro atoms. The summed E-state index contributed by atoms with van der Waals surface area (Å²) in [6.07, 6.45) is 4.71. The lowest BCUT2D eigenvalue weighted by atomic mass is 10.2. The lowest BCUT2D eigenvalue weighted by Gasteiger charge is -2.13. The van der Waals surface area contributed by atoms with Gasteiger partial charge in [-0.05, 0) is 36.6 Å². The van der Waals surface area contributed by atoms with Crippen LogP contribution in [0.3, 0.4) is 0 Å². The normalized spacial score (nSPS) is 12.1. The number of aromatic hydroxyl groups is 1. The maximum Gasteiger partial charge on any atom is 0.165 e. The molecule has 0 saturated carbocycles. The average Bonchev–Trinajstić information content (AvgIpc) is 2.51. The molecular weight excluding hydrogens is 284 g/mol. The Bertz CT molecular complexity index is 579. The summed E-state index contributed by atoms with van der Waals surface area (Å²) in [5.41, 5.74) is 6.64. The van der Waals surface area contributed by atoms with Gasteiger partial charge in [-0.2, -0.15) is 11.8 Å². The Hall–Kier alpha value is -1.79. The summed E-state index contributed by atoms with van der Waals surface area (Å²) in [6.45, 7) is 0.664. The van der Waals surface area contributed by atoms with Crippen molar-refractivity contribution in [2.75, 3.05) is 23.9 Å². The Morgan fingerprint density at radius 2 is 2.14 bits per heavy atom. The maximum absolute atomic E-state index is 9.85. The van der Waals surface area contributed by atoms with Crippen molar-refractivity contribution in [1.29, 1.82) is 0 Å². The van der Waals surface area contributed by atoms with E-state index >= 15 is 0 Å². The first-order chi connectivity index (χ1) is 10.2. The fourth-order valence-electron chi connectivity index (χ4n) is 1.86. The Morgan fingerprint density at radius 3 is 2.90 bits per heavy atom. The fourth-order valence-corrected chi connectivity index (χ4v) is 2.40. The molecule has 0 amide bonds. The Labute approximate surface area is 129 Å². The zero-order chi connectivity index (χ0) is 15.1. The first-order valence-corrected chi connectivity index (χ1v) is 8.20. The highest BCUT2D eigenvalue weighted by Gasteiger charge is 2.08. The minimum atomic E-state index is 0.0981. The SMILES string of the molecule is CSCCC(N)CNc1ccnc(-c2ccccc2O)n1. The second-order valence-corrected chi connectivity index (χ2v) is 5.69. The number of phenolic OH excluding ortho intramolecular Hbond substituents is 1. The highest BCUT2D eigenvalue weighted by atomic mass is 32.2. The second kappa shape index (κ2) is 7.85. The third-order valence-electron chi connectivity index (χ3n) is 3.04. The van der Waals surface area contributed by atoms with Gasteiger partial charge in [-0.3, -0.25) is 0 Å². The fraction of sp³-hybridized carbons (Fsp3) is 0.333. The Kier molecular flexibility index (Phi) is 5.83. The number of nitrogens with two attached hydrogens (primary N) is 1. The molecule has 1 atom stereocenters. The molecule has 4 N–H and O–H groups in total. The van der Waals surface area contributed by atoms with Crippen molar-refractivity contribution in [2.45, 2.75) is 12.5 Å². The number of anilines is 1. The van der Waals surface area contributed by atoms with Crippen LogP contribution in [0.25, 0.3) is 11.4 Å². The molecule has 0 aliphatic heterocycles. The second-order valence-electron chi connectivity index (χ2n) is 4.71. The molecule has 0 saturated heterocycles. The Morgan fingerprint density at radius 1 is 1.33 bits per heavy atom. The van der Waals surface area contributed by atoms with Crippen molar-refractivity contribution < 1.29 is 5.11 Å². The van der Waals surface area contributed by atoms with E-state index in [0.29, 0.717) is 23.8 Å². The molecule has 1 unspecified atom stereocenters. The number of thioether (sulfide) groups is 1. The van der Waals surface area contributed by atoms with Crippen LogP contribution in [0, 0.1) is 0 Å². The first-order valence-electron chi connectivity index (χ1n) is 6.80. The molecule has 0 bridgehead atoms. The third-order valence-corrected chi connectivity index (χ3v) is 3.68. The van der Waals surface area contributed by atoms with Gasteiger partial charge in [-0.15, -0.1) is 0 Å². The molecule has 1 heterocycles. The van der Waals surface area contributed by atoms with E-state index in [-0.39, 0.29) is 11.8 Å². The number of hydrogen-bond donors (Lipinski definition) is 3. The summed E-state index contributed by atoms with van der Waals surface area (Å²) >= 11 is 1.79. The minimum absolute atomic E-state index is 0.0981. The van der Waals surface area contributed by atoms with Crippen molar-refractivity contribution in [3.05, 3.63) is 36.5 Å². The zero-order valence-electron chi connectivity index (χ0n) is 12.0. The number of para-hydroxylation sites is 1. The van der Waals surface area contributed by atoms with E-state index in [0.717, 1.165) is 12.2 Å². The van der Waals surface area contributed by atoms with Crippen LogP contribution < -0.4 is 11.1 Å². The zero-order valence-corrected chi connectivity index (χ0v) is 12.8. The molecule has 2 rings (SSSR count). The van der Waals surface area contributed by atoms with Crippen LogP contribution in [0.2, 0.25) is 0 Å². The molecule has 0 fully saturated rings. The van der Waals surface area contributed by atoms with Crippen LogP contribution in [-0.4, -0.2) is 39.7 Å². The van der Waals surface area contributed by atoms with E-state index in [4.69, 9.17) is 5.73 Å². The molecule has 6 heteroatoms. The molecule has 0 aliphatic rings. The van der Waals surface area contributed by atoms with E-state index in [2.05, 4.69) is 21.5 Å². The van der Waals surface area contributed by atoms with Crippen LogP contribution in [0.15, 0.2) is 36.5 Å². The average molecular weight is 304 g/mol. The van der Waals surface area contributed by atoms with E-state index in [1.165, 1.54) is 0 Å². The van der Waals surface area contributed by atoms with Crippen LogP contribution >= 0.6 is 11.8 Å². The van der Waals surface area contributed by atoms with E-state index in [1.54, 1.807) is 42.2 Å². The van der Waals surface area contributed by atoms with E-state index in [9.17, 15) is 5.11 Å². The highest BCUT2D eigenvalue weighted by Crippen LogP contribution is 2.25. The lowest BCUT2D eigenvalue weighted by molar-refractivity contribution is 0.477. The molecular formula is C15H20N4OS. The van der Waals surface area contributed by atoms with Crippen molar-refractivity contribution in [3.8, 4) is 17.1 Å². The van der Waals surface area contributed by atoms with Gasteiger partial charge in [0.15, 0.2) is 5.82 Å². The number of phenols is 1. The molecule has 0 radical (unpaired) electrons. The van der Waals surface area contributed by atoms with Gasteiger partial charge in [-0.25, -0.2) is 9.97 Å². The van der Waals surface area contributed by atoms with Crippen molar-refractivity contribution in [3.63, 3.8) is 0 Å². The molecule has 5 nitrogen and oxygen atoms in total. The summed E-state index contributed by atoms with van der Waals surface area (Å²) in [4.78, 5) is 8.61. The first kappa shape index (κ1) is 15.6. The summed E-state index contributed by atoms with van der Waals surface area (Å²) in [5.74, 6) is 2.43. The van der Waals surface area contributed by atoms with Crippen molar-refractivity contribution in [2.24, 2.45) is 5.73 Å². The molecule has 1 aromatic heterocycles. The third kappa shape index (κ3) is 4.61. The number of nitrogens with zero attached hydrogens (tertiary/aromatic N) is 2. The van der Waals surface area contributed by atoms with E-state index < -0.39 is 0 Å². The predicted octanol–water partition coefficient (Wildman–Crippen LogP) is 2.34. The van der Waals surface area contributed by atoms with Gasteiger partial charge in [0.2, 0.25) is 0 Å². The smallest absolute Gasteiger partial charge is 0.165 e. The monoisotopic (exact) mass is 304 g/mol. The molecule has 2 aromatic rings. The topological polar surface area (TPSA) is 84.1 Å². The van der Waals surface area contributed by atoms with Gasteiger partial charge in [-0.1, -0.05) is 12.1 Å². The predicted molar refractivity (Wildman–Crippen MR) is 88.6 cm³/mol. The van der Waals surface area contributed by atoms with Gasteiger partial charge in [0.05, 0.1) is 5.56 Å². The summed E-state index contributed by atoms with van der Waals surface area (Å²) < 4.78 is 0. The standard InChI is InChI=1S/C15H20N4OS/c1-21-9-7-11(16)10-18-14-6-8-17-15(19-14)12-4-2-3-5-13(12)20/h2-6,8,11,20H,7,9-10,16H2,1H3,(H,17,18,19). The number of benzene rings is 1. The number of hydrogen-bond acceptors (Lipinski definition) is 6. The quantitative estimate of drug-likeness (QED) is 0.728. The number of aromatic nitrogens is 2. The van der Waals surface area contributed by atoms with Gasteiger partial charge >= 0.3 is 0 Å². The summed E-state index contributed by atoms with van der Waals surface area (Å²) in [6, 6.07) is 8.92. The van der Waals surface area contributed by atoms with Crippen LogP contribution in [0.5, 0.6) is 5.75 Å². The largest absolute Gasteiger partial charge is 0.507 e. The summed E-state index contributed by atoms with van der Waals surface area (Å²) in [5, 5.41) is 13.1. The van der Waals surface area contributed by atoms with Crippen LogP contribution in [-0.2, 0) is 0 Å². The highest BCUT2D eigenvalue weighted by molar-refractivity contribution is 7.98. The number of rotatable bonds is 7. The van der Waals surface area contributed by atoms with E-state index in [1.807, 2.05) is 6.07 Å². The van der Waals surface area contributed by atoms with Gasteiger partial charge in [0.1, 0.15) is 11.6 Å². The summed E-state index contributed by atoms with van der Waals surface area (Å²) in [7, 11) is 0. The maximum atomic E-state index is 9.85. The van der Waals surface area contributed by atoms with Gasteiger partial charge in [0.25, 0.3) is 0 Å². The van der Waals surface area contributed by atoms with Gasteiger partial charge < -0.3 is 16.2 Å². The molecule has 21 heavy (non-hydrogen) atoms. The van der Waals surface area contributed by atoms with Crippen molar-refractivity contribution in [1.82, 2.24) is 9.97 Å². The van der Waals surface area contributed by atoms with Gasteiger partial charge in [0, 0.05) is 18.8 Å². The molecule has 1 aromatic carbocycles. The van der Waals surface area contributed by atoms with Crippen LogP contribution in [0.4, 0.5) is 5.82 Å². The Balaban J connectivity index is 2.03. The number of nitrogens with one attached hydrogen (secondary N) is 1.